The Hall–Kier alpha value is -1.94. The summed E-state index contributed by atoms with van der Waals surface area (Å²) in [7, 11) is 0. The minimum absolute atomic E-state index is 0.0399. The average Bonchev–Trinajstić information content (AvgIpc) is 2.36. The molecule has 0 spiro atoms. The zero-order chi connectivity index (χ0) is 16.0. The van der Waals surface area contributed by atoms with Gasteiger partial charge in [0.2, 0.25) is 5.91 Å². The van der Waals surface area contributed by atoms with Gasteiger partial charge in [-0.05, 0) is 25.1 Å². The van der Waals surface area contributed by atoms with Crippen LogP contribution in [-0.2, 0) is 4.79 Å². The summed E-state index contributed by atoms with van der Waals surface area (Å²) in [5, 5.41) is 11.2. The number of alkyl halides is 3. The van der Waals surface area contributed by atoms with Crippen molar-refractivity contribution >= 4 is 23.2 Å². The van der Waals surface area contributed by atoms with Gasteiger partial charge in [-0.2, -0.15) is 18.4 Å². The number of carbonyl (C=O) groups is 1. The first-order valence-corrected chi connectivity index (χ1v) is 6.42. The van der Waals surface area contributed by atoms with Crippen molar-refractivity contribution in [3.05, 3.63) is 28.8 Å². The molecule has 1 aromatic carbocycles. The van der Waals surface area contributed by atoms with Crippen LogP contribution in [0.4, 0.5) is 18.9 Å². The lowest BCUT2D eigenvalue weighted by molar-refractivity contribution is -0.124. The zero-order valence-corrected chi connectivity index (χ0v) is 11.9. The molecule has 0 aliphatic rings. The second-order valence-electron chi connectivity index (χ2n) is 4.20. The molecule has 0 atom stereocenters. The van der Waals surface area contributed by atoms with Crippen LogP contribution in [0.15, 0.2) is 18.2 Å². The number of likely N-dealkylation sites (N-methyl/N-ethyl adjacent to an activating group) is 1. The summed E-state index contributed by atoms with van der Waals surface area (Å²) in [6.45, 7) is 0.263. The molecule has 0 fully saturated rings. The molecule has 21 heavy (non-hydrogen) atoms. The van der Waals surface area contributed by atoms with Crippen molar-refractivity contribution < 1.29 is 18.0 Å². The minimum atomic E-state index is -4.47. The van der Waals surface area contributed by atoms with Gasteiger partial charge in [0.15, 0.2) is 0 Å². The summed E-state index contributed by atoms with van der Waals surface area (Å²) in [4.78, 5) is 12.4. The first kappa shape index (κ1) is 17.1. The van der Waals surface area contributed by atoms with Crippen LogP contribution >= 0.6 is 11.6 Å². The minimum Gasteiger partial charge on any atom is -0.355 e. The van der Waals surface area contributed by atoms with Crippen LogP contribution in [0.5, 0.6) is 0 Å². The Morgan fingerprint density at radius 3 is 2.62 bits per heavy atom. The monoisotopic (exact) mass is 319 g/mol. The van der Waals surface area contributed by atoms with Crippen molar-refractivity contribution in [2.45, 2.75) is 13.1 Å². The van der Waals surface area contributed by atoms with Crippen LogP contribution in [0.3, 0.4) is 0 Å². The van der Waals surface area contributed by atoms with Crippen molar-refractivity contribution in [1.29, 1.82) is 5.26 Å². The predicted octanol–water partition coefficient (Wildman–Crippen LogP) is 2.72. The molecule has 0 radical (unpaired) electrons. The SMILES string of the molecule is CCNC(=O)CN(CC(F)(F)F)c1ccc(C#N)c(Cl)c1. The van der Waals surface area contributed by atoms with Gasteiger partial charge in [-0.15, -0.1) is 0 Å². The van der Waals surface area contributed by atoms with E-state index in [1.54, 1.807) is 6.92 Å². The first-order valence-electron chi connectivity index (χ1n) is 6.05. The molecule has 4 nitrogen and oxygen atoms in total. The van der Waals surface area contributed by atoms with Gasteiger partial charge in [0, 0.05) is 12.2 Å². The van der Waals surface area contributed by atoms with E-state index in [0.717, 1.165) is 4.90 Å². The van der Waals surface area contributed by atoms with E-state index in [1.807, 2.05) is 6.07 Å². The van der Waals surface area contributed by atoms with E-state index in [0.29, 0.717) is 6.54 Å². The van der Waals surface area contributed by atoms with Crippen LogP contribution in [0, 0.1) is 11.3 Å². The molecule has 1 N–H and O–H groups in total. The summed E-state index contributed by atoms with van der Waals surface area (Å²) < 4.78 is 37.8. The first-order chi connectivity index (χ1) is 9.76. The highest BCUT2D eigenvalue weighted by Crippen LogP contribution is 2.26. The number of amides is 1. The highest BCUT2D eigenvalue weighted by molar-refractivity contribution is 6.32. The lowest BCUT2D eigenvalue weighted by Crippen LogP contribution is -2.42. The number of carbonyl (C=O) groups excluding carboxylic acids is 1. The van der Waals surface area contributed by atoms with Crippen LogP contribution in [-0.4, -0.2) is 31.7 Å². The van der Waals surface area contributed by atoms with Crippen LogP contribution in [0.1, 0.15) is 12.5 Å². The lowest BCUT2D eigenvalue weighted by atomic mass is 10.2. The predicted molar refractivity (Wildman–Crippen MR) is 73.1 cm³/mol. The largest absolute Gasteiger partial charge is 0.405 e. The molecule has 1 rings (SSSR count). The molecular weight excluding hydrogens is 307 g/mol. The summed E-state index contributed by atoms with van der Waals surface area (Å²) in [5.41, 5.74) is 0.285. The molecular formula is C13H13ClF3N3O. The summed E-state index contributed by atoms with van der Waals surface area (Å²) in [6.07, 6.45) is -4.47. The number of halogens is 4. The highest BCUT2D eigenvalue weighted by Gasteiger charge is 2.32. The van der Waals surface area contributed by atoms with Crippen molar-refractivity contribution in [1.82, 2.24) is 5.32 Å². The van der Waals surface area contributed by atoms with Crippen molar-refractivity contribution in [3.63, 3.8) is 0 Å². The Bertz CT molecular complexity index is 555. The molecule has 0 aliphatic carbocycles. The van der Waals surface area contributed by atoms with Crippen molar-refractivity contribution in [3.8, 4) is 6.07 Å². The fourth-order valence-corrected chi connectivity index (χ4v) is 1.89. The average molecular weight is 320 g/mol. The topological polar surface area (TPSA) is 56.1 Å². The summed E-state index contributed by atoms with van der Waals surface area (Å²) >= 11 is 5.81. The normalized spacial score (nSPS) is 10.9. The number of anilines is 1. The van der Waals surface area contributed by atoms with E-state index in [2.05, 4.69) is 5.32 Å². The second-order valence-corrected chi connectivity index (χ2v) is 4.61. The smallest absolute Gasteiger partial charge is 0.355 e. The van der Waals surface area contributed by atoms with Gasteiger partial charge in [0.05, 0.1) is 17.1 Å². The molecule has 0 saturated carbocycles. The molecule has 114 valence electrons. The molecule has 0 heterocycles. The molecule has 1 aromatic rings. The molecule has 0 aromatic heterocycles. The maximum Gasteiger partial charge on any atom is 0.405 e. The molecule has 0 unspecified atom stereocenters. The maximum atomic E-state index is 12.6. The Morgan fingerprint density at radius 2 is 2.14 bits per heavy atom. The lowest BCUT2D eigenvalue weighted by Gasteiger charge is -2.25. The fraction of sp³-hybridized carbons (Fsp3) is 0.385. The molecule has 0 saturated heterocycles. The van der Waals surface area contributed by atoms with Gasteiger partial charge in [-0.25, -0.2) is 0 Å². The number of hydrogen-bond donors (Lipinski definition) is 1. The van der Waals surface area contributed by atoms with Crippen molar-refractivity contribution in [2.75, 3.05) is 24.5 Å². The Kier molecular flexibility index (Phi) is 5.85. The third-order valence-electron chi connectivity index (χ3n) is 2.52. The number of hydrogen-bond acceptors (Lipinski definition) is 3. The summed E-state index contributed by atoms with van der Waals surface area (Å²) in [5.74, 6) is -0.526. The van der Waals surface area contributed by atoms with Gasteiger partial charge in [0.1, 0.15) is 12.6 Å². The number of nitrogens with zero attached hydrogens (tertiary/aromatic N) is 2. The van der Waals surface area contributed by atoms with E-state index in [1.165, 1.54) is 18.2 Å². The molecule has 1 amide bonds. The van der Waals surface area contributed by atoms with E-state index in [4.69, 9.17) is 16.9 Å². The zero-order valence-electron chi connectivity index (χ0n) is 11.2. The molecule has 0 bridgehead atoms. The Labute approximate surface area is 125 Å². The van der Waals surface area contributed by atoms with E-state index in [9.17, 15) is 18.0 Å². The van der Waals surface area contributed by atoms with Gasteiger partial charge in [-0.3, -0.25) is 4.79 Å². The number of nitriles is 1. The van der Waals surface area contributed by atoms with E-state index in [-0.39, 0.29) is 16.3 Å². The number of benzene rings is 1. The third kappa shape index (κ3) is 5.52. The van der Waals surface area contributed by atoms with Gasteiger partial charge in [0.25, 0.3) is 0 Å². The Morgan fingerprint density at radius 1 is 1.48 bits per heavy atom. The van der Waals surface area contributed by atoms with Crippen LogP contribution in [0.2, 0.25) is 5.02 Å². The fourth-order valence-electron chi connectivity index (χ4n) is 1.67. The van der Waals surface area contributed by atoms with Crippen LogP contribution in [0.25, 0.3) is 0 Å². The maximum absolute atomic E-state index is 12.6. The molecule has 0 aliphatic heterocycles. The van der Waals surface area contributed by atoms with Gasteiger partial charge in [-0.1, -0.05) is 11.6 Å². The third-order valence-corrected chi connectivity index (χ3v) is 2.83. The molecule has 8 heteroatoms. The number of rotatable bonds is 5. The highest BCUT2D eigenvalue weighted by atomic mass is 35.5. The second kappa shape index (κ2) is 7.18. The number of nitrogens with one attached hydrogen (secondary N) is 1. The standard InChI is InChI=1S/C13H13ClF3N3O/c1-2-19-12(21)7-20(8-13(15,16)17)10-4-3-9(6-18)11(14)5-10/h3-5H,2,7-8H2,1H3,(H,19,21). The van der Waals surface area contributed by atoms with E-state index < -0.39 is 25.2 Å². The Balaban J connectivity index is 3.03. The van der Waals surface area contributed by atoms with Crippen molar-refractivity contribution in [2.24, 2.45) is 0 Å². The quantitative estimate of drug-likeness (QED) is 0.908. The van der Waals surface area contributed by atoms with E-state index >= 15 is 0 Å². The van der Waals surface area contributed by atoms with Gasteiger partial charge < -0.3 is 10.2 Å². The van der Waals surface area contributed by atoms with Gasteiger partial charge >= 0.3 is 6.18 Å². The summed E-state index contributed by atoms with van der Waals surface area (Å²) in [6, 6.07) is 5.71. The van der Waals surface area contributed by atoms with Crippen LogP contribution < -0.4 is 10.2 Å².